The monoisotopic (exact) mass is 308 g/mol. The first-order chi connectivity index (χ1) is 9.85. The van der Waals surface area contributed by atoms with Crippen LogP contribution in [-0.4, -0.2) is 36.8 Å². The van der Waals surface area contributed by atoms with Crippen LogP contribution in [0.3, 0.4) is 0 Å². The molecule has 2 aromatic heterocycles. The van der Waals surface area contributed by atoms with Crippen molar-refractivity contribution in [3.8, 4) is 0 Å². The summed E-state index contributed by atoms with van der Waals surface area (Å²) in [6, 6.07) is 0.846. The van der Waals surface area contributed by atoms with Crippen molar-refractivity contribution in [1.29, 1.82) is 0 Å². The van der Waals surface area contributed by atoms with Crippen LogP contribution < -0.4 is 23.2 Å². The van der Waals surface area contributed by atoms with Crippen molar-refractivity contribution >= 4 is 17.0 Å². The fraction of sp³-hybridized carbons (Fsp3) is 0.462. The van der Waals surface area contributed by atoms with Crippen LogP contribution in [0.1, 0.15) is 25.3 Å². The van der Waals surface area contributed by atoms with Crippen LogP contribution in [0.25, 0.3) is 11.2 Å². The molecule has 0 spiro atoms. The molecule has 112 valence electrons. The summed E-state index contributed by atoms with van der Waals surface area (Å²) in [6.07, 6.45) is 10.7. The van der Waals surface area contributed by atoms with Gasteiger partial charge in [-0.1, -0.05) is 6.08 Å². The molecule has 1 saturated carbocycles. The van der Waals surface area contributed by atoms with Crippen LogP contribution in [0.5, 0.6) is 0 Å². The van der Waals surface area contributed by atoms with Gasteiger partial charge in [0, 0.05) is 12.5 Å². The van der Waals surface area contributed by atoms with Gasteiger partial charge in [0.2, 0.25) is 0 Å². The van der Waals surface area contributed by atoms with Crippen LogP contribution in [0.15, 0.2) is 24.8 Å². The quantitative estimate of drug-likeness (QED) is 0.420. The fourth-order valence-electron chi connectivity index (χ4n) is 2.65. The lowest BCUT2D eigenvalue weighted by atomic mass is 10.2. The number of imidazole rings is 1. The van der Waals surface area contributed by atoms with E-state index in [2.05, 4.69) is 30.9 Å². The predicted molar refractivity (Wildman–Crippen MR) is 72.3 cm³/mol. The van der Waals surface area contributed by atoms with Crippen LogP contribution >= 0.6 is 0 Å². The second-order valence-electron chi connectivity index (χ2n) is 5.47. The SMILES string of the molecule is O[NH2+][C@@H]1C=C[C@H](n2cnc3c(NC4CC4)ncnc32)C1.[Cl-]. The minimum atomic E-state index is 0. The molecule has 8 heteroatoms. The molecule has 2 aromatic rings. The molecule has 2 aliphatic carbocycles. The number of quaternary nitrogens is 1. The van der Waals surface area contributed by atoms with Crippen molar-refractivity contribution in [3.63, 3.8) is 0 Å². The van der Waals surface area contributed by atoms with Crippen molar-refractivity contribution in [2.75, 3.05) is 5.32 Å². The Morgan fingerprint density at radius 2 is 2.10 bits per heavy atom. The van der Waals surface area contributed by atoms with Gasteiger partial charge in [0.05, 0.1) is 12.4 Å². The van der Waals surface area contributed by atoms with Crippen LogP contribution in [-0.2, 0) is 0 Å². The predicted octanol–water partition coefficient (Wildman–Crippen LogP) is -2.77. The maximum atomic E-state index is 9.11. The van der Waals surface area contributed by atoms with E-state index in [1.54, 1.807) is 6.33 Å². The van der Waals surface area contributed by atoms with Crippen LogP contribution in [0.2, 0.25) is 0 Å². The number of anilines is 1. The largest absolute Gasteiger partial charge is 1.00 e. The fourth-order valence-corrected chi connectivity index (χ4v) is 2.65. The summed E-state index contributed by atoms with van der Waals surface area (Å²) in [6.45, 7) is 0. The highest BCUT2D eigenvalue weighted by atomic mass is 35.5. The zero-order valence-electron chi connectivity index (χ0n) is 11.4. The number of aromatic nitrogens is 4. The van der Waals surface area contributed by atoms with Crippen molar-refractivity contribution < 1.29 is 23.1 Å². The van der Waals surface area contributed by atoms with Gasteiger partial charge in [0.1, 0.15) is 17.9 Å². The number of nitrogens with two attached hydrogens (primary N) is 1. The van der Waals surface area contributed by atoms with E-state index in [1.165, 1.54) is 18.3 Å². The third-order valence-electron chi connectivity index (χ3n) is 3.92. The molecule has 0 amide bonds. The molecule has 21 heavy (non-hydrogen) atoms. The standard InChI is InChI=1S/C13H16N6O.ClH/c20-18-9-3-4-10(5-9)19-7-16-11-12(17-8-1-2-8)14-6-15-13(11)19;/h3-4,6-10,18,20H,1-2,5H2,(H,14,15,17);1H/t9-,10+;/m1./s1. The van der Waals surface area contributed by atoms with Gasteiger partial charge >= 0.3 is 0 Å². The average molecular weight is 309 g/mol. The van der Waals surface area contributed by atoms with Gasteiger partial charge in [-0.15, -0.1) is 0 Å². The second kappa shape index (κ2) is 5.59. The van der Waals surface area contributed by atoms with E-state index in [0.29, 0.717) is 6.04 Å². The number of rotatable bonds is 4. The topological polar surface area (TPSA) is 92.5 Å². The summed E-state index contributed by atoms with van der Waals surface area (Å²) in [5.74, 6) is 0.823. The summed E-state index contributed by atoms with van der Waals surface area (Å²) in [4.78, 5) is 13.1. The van der Waals surface area contributed by atoms with Gasteiger partial charge in [-0.25, -0.2) is 20.2 Å². The molecule has 0 aliphatic heterocycles. The molecule has 0 aromatic carbocycles. The molecule has 0 unspecified atom stereocenters. The van der Waals surface area contributed by atoms with E-state index in [4.69, 9.17) is 5.21 Å². The minimum Gasteiger partial charge on any atom is -1.00 e. The van der Waals surface area contributed by atoms with Crippen molar-refractivity contribution in [1.82, 2.24) is 19.5 Å². The third-order valence-corrected chi connectivity index (χ3v) is 3.92. The number of nitrogens with zero attached hydrogens (tertiary/aromatic N) is 4. The number of hydrogen-bond acceptors (Lipinski definition) is 5. The summed E-state index contributed by atoms with van der Waals surface area (Å²) in [7, 11) is 0. The van der Waals surface area contributed by atoms with Gasteiger partial charge in [0.25, 0.3) is 0 Å². The highest BCUT2D eigenvalue weighted by molar-refractivity contribution is 5.83. The Labute approximate surface area is 127 Å². The van der Waals surface area contributed by atoms with Gasteiger partial charge in [0.15, 0.2) is 11.5 Å². The lowest BCUT2D eigenvalue weighted by Gasteiger charge is -2.11. The number of allylic oxidation sites excluding steroid dienone is 1. The van der Waals surface area contributed by atoms with E-state index in [9.17, 15) is 0 Å². The lowest BCUT2D eigenvalue weighted by Crippen LogP contribution is -3.00. The molecule has 0 saturated heterocycles. The number of fused-ring (bicyclic) bond motifs is 1. The highest BCUT2D eigenvalue weighted by Gasteiger charge is 2.26. The third kappa shape index (κ3) is 2.59. The summed E-state index contributed by atoms with van der Waals surface area (Å²) >= 11 is 0. The van der Waals surface area contributed by atoms with Crippen LogP contribution in [0, 0.1) is 0 Å². The molecule has 2 aliphatic rings. The molecule has 2 atom stereocenters. The van der Waals surface area contributed by atoms with E-state index < -0.39 is 0 Å². The van der Waals surface area contributed by atoms with Crippen molar-refractivity contribution in [3.05, 3.63) is 24.8 Å². The highest BCUT2D eigenvalue weighted by Crippen LogP contribution is 2.29. The summed E-state index contributed by atoms with van der Waals surface area (Å²) in [5, 5.41) is 12.5. The average Bonchev–Trinajstić information content (AvgIpc) is 3.01. The Bertz CT molecular complexity index is 668. The number of hydroxylamine groups is 1. The van der Waals surface area contributed by atoms with Gasteiger partial charge in [-0.3, -0.25) is 0 Å². The summed E-state index contributed by atoms with van der Waals surface area (Å²) in [5.41, 5.74) is 2.91. The Morgan fingerprint density at radius 1 is 1.24 bits per heavy atom. The Hall–Kier alpha value is -1.70. The molecular weight excluding hydrogens is 292 g/mol. The molecule has 2 heterocycles. The first kappa shape index (κ1) is 14.2. The molecule has 1 fully saturated rings. The Balaban J connectivity index is 0.00000132. The van der Waals surface area contributed by atoms with Crippen molar-refractivity contribution in [2.45, 2.75) is 37.4 Å². The van der Waals surface area contributed by atoms with E-state index in [1.807, 2.05) is 12.4 Å². The normalized spacial score (nSPS) is 24.2. The molecule has 0 bridgehead atoms. The van der Waals surface area contributed by atoms with Gasteiger partial charge < -0.3 is 22.3 Å². The minimum absolute atomic E-state index is 0. The maximum Gasteiger partial charge on any atom is 0.165 e. The number of hydrogen-bond donors (Lipinski definition) is 3. The second-order valence-corrected chi connectivity index (χ2v) is 5.47. The first-order valence-corrected chi connectivity index (χ1v) is 6.95. The van der Waals surface area contributed by atoms with Crippen LogP contribution in [0.4, 0.5) is 5.82 Å². The molecule has 7 nitrogen and oxygen atoms in total. The molecule has 4 N–H and O–H groups in total. The molecule has 0 radical (unpaired) electrons. The van der Waals surface area contributed by atoms with Gasteiger partial charge in [-0.05, 0) is 18.9 Å². The van der Waals surface area contributed by atoms with E-state index in [0.717, 1.165) is 23.4 Å². The maximum absolute atomic E-state index is 9.11. The zero-order chi connectivity index (χ0) is 13.5. The van der Waals surface area contributed by atoms with Gasteiger partial charge in [-0.2, -0.15) is 5.48 Å². The zero-order valence-corrected chi connectivity index (χ0v) is 12.1. The number of nitrogens with one attached hydrogen (secondary N) is 1. The molecular formula is C13H17ClN6O. The Morgan fingerprint density at radius 3 is 2.81 bits per heavy atom. The molecule has 4 rings (SSSR count). The van der Waals surface area contributed by atoms with E-state index >= 15 is 0 Å². The smallest absolute Gasteiger partial charge is 0.165 e. The summed E-state index contributed by atoms with van der Waals surface area (Å²) < 4.78 is 2.05. The lowest BCUT2D eigenvalue weighted by molar-refractivity contribution is -0.903. The number of halogens is 1. The van der Waals surface area contributed by atoms with Crippen molar-refractivity contribution in [2.24, 2.45) is 0 Å². The van der Waals surface area contributed by atoms with E-state index in [-0.39, 0.29) is 24.5 Å². The first-order valence-electron chi connectivity index (χ1n) is 6.95. The Kier molecular flexibility index (Phi) is 3.79.